The van der Waals surface area contributed by atoms with Crippen LogP contribution in [0.5, 0.6) is 0 Å². The largest absolute Gasteiger partial charge is 0.462 e. The van der Waals surface area contributed by atoms with E-state index in [1.165, 1.54) is 0 Å². The second-order valence-electron chi connectivity index (χ2n) is 3.75. The van der Waals surface area contributed by atoms with E-state index in [1.807, 2.05) is 19.2 Å². The molecule has 14 heavy (non-hydrogen) atoms. The van der Waals surface area contributed by atoms with Crippen molar-refractivity contribution in [2.24, 2.45) is 5.92 Å². The summed E-state index contributed by atoms with van der Waals surface area (Å²) in [5.74, 6) is 2.37. The zero-order valence-electron chi connectivity index (χ0n) is 9.33. The fourth-order valence-corrected chi connectivity index (χ4v) is 1.59. The molecule has 0 bridgehead atoms. The fourth-order valence-electron chi connectivity index (χ4n) is 1.59. The van der Waals surface area contributed by atoms with Crippen LogP contribution in [-0.2, 0) is 11.3 Å². The maximum absolute atomic E-state index is 5.65. The van der Waals surface area contributed by atoms with Crippen molar-refractivity contribution in [2.45, 2.75) is 26.5 Å². The molecule has 0 spiro atoms. The van der Waals surface area contributed by atoms with E-state index < -0.39 is 0 Å². The molecule has 1 unspecified atom stereocenters. The summed E-state index contributed by atoms with van der Waals surface area (Å²) in [4.78, 5) is 0. The van der Waals surface area contributed by atoms with E-state index in [1.54, 1.807) is 7.11 Å². The minimum absolute atomic E-state index is 0.278. The molecule has 1 atom stereocenters. The van der Waals surface area contributed by atoms with Gasteiger partial charge in [0.2, 0.25) is 0 Å². The van der Waals surface area contributed by atoms with Crippen LogP contribution >= 0.6 is 0 Å². The van der Waals surface area contributed by atoms with E-state index in [0.29, 0.717) is 12.5 Å². The minimum atomic E-state index is 0.278. The predicted molar refractivity (Wildman–Crippen MR) is 56.1 cm³/mol. The molecule has 0 aliphatic heterocycles. The maximum atomic E-state index is 5.65. The van der Waals surface area contributed by atoms with Crippen LogP contribution in [0.25, 0.3) is 0 Å². The standard InChI is InChI=1S/C11H19NO2/c1-8(2)11(12-3)10-6-5-9(14-10)7-13-4/h5-6,8,11-12H,7H2,1-4H3. The summed E-state index contributed by atoms with van der Waals surface area (Å²) in [7, 11) is 3.61. The lowest BCUT2D eigenvalue weighted by Crippen LogP contribution is -2.20. The van der Waals surface area contributed by atoms with Gasteiger partial charge in [-0.25, -0.2) is 0 Å². The van der Waals surface area contributed by atoms with Crippen LogP contribution in [0.2, 0.25) is 0 Å². The van der Waals surface area contributed by atoms with Crippen LogP contribution in [0.15, 0.2) is 16.5 Å². The molecule has 1 aromatic rings. The Bertz CT molecular complexity index is 268. The first-order valence-electron chi connectivity index (χ1n) is 4.93. The lowest BCUT2D eigenvalue weighted by Gasteiger charge is -2.17. The van der Waals surface area contributed by atoms with Gasteiger partial charge >= 0.3 is 0 Å². The van der Waals surface area contributed by atoms with Crippen molar-refractivity contribution in [2.75, 3.05) is 14.2 Å². The second-order valence-corrected chi connectivity index (χ2v) is 3.75. The van der Waals surface area contributed by atoms with E-state index in [-0.39, 0.29) is 6.04 Å². The molecule has 0 saturated carbocycles. The average molecular weight is 197 g/mol. The van der Waals surface area contributed by atoms with Gasteiger partial charge < -0.3 is 14.5 Å². The third kappa shape index (κ3) is 2.59. The number of nitrogens with one attached hydrogen (secondary N) is 1. The summed E-state index contributed by atoms with van der Waals surface area (Å²) in [6.07, 6.45) is 0. The van der Waals surface area contributed by atoms with Gasteiger partial charge in [-0.15, -0.1) is 0 Å². The third-order valence-electron chi connectivity index (χ3n) is 2.25. The molecule has 0 fully saturated rings. The van der Waals surface area contributed by atoms with Gasteiger partial charge in [0, 0.05) is 7.11 Å². The summed E-state index contributed by atoms with van der Waals surface area (Å²) in [5.41, 5.74) is 0. The molecule has 0 aromatic carbocycles. The van der Waals surface area contributed by atoms with Gasteiger partial charge in [-0.05, 0) is 25.1 Å². The molecular formula is C11H19NO2. The highest BCUT2D eigenvalue weighted by Gasteiger charge is 2.16. The summed E-state index contributed by atoms with van der Waals surface area (Å²) in [5, 5.41) is 3.24. The second kappa shape index (κ2) is 5.17. The van der Waals surface area contributed by atoms with E-state index in [4.69, 9.17) is 9.15 Å². The molecule has 3 nitrogen and oxygen atoms in total. The molecular weight excluding hydrogens is 178 g/mol. The first-order chi connectivity index (χ1) is 6.69. The summed E-state index contributed by atoms with van der Waals surface area (Å²) >= 11 is 0. The van der Waals surface area contributed by atoms with Gasteiger partial charge in [0.1, 0.15) is 18.1 Å². The molecule has 3 heteroatoms. The number of ether oxygens (including phenoxy) is 1. The molecule has 1 N–H and O–H groups in total. The predicted octanol–water partition coefficient (Wildman–Crippen LogP) is 2.34. The maximum Gasteiger partial charge on any atom is 0.129 e. The zero-order chi connectivity index (χ0) is 10.6. The third-order valence-corrected chi connectivity index (χ3v) is 2.25. The number of hydrogen-bond donors (Lipinski definition) is 1. The van der Waals surface area contributed by atoms with Crippen molar-refractivity contribution < 1.29 is 9.15 Å². The smallest absolute Gasteiger partial charge is 0.129 e. The number of hydrogen-bond acceptors (Lipinski definition) is 3. The van der Waals surface area contributed by atoms with Crippen molar-refractivity contribution in [1.82, 2.24) is 5.32 Å². The Morgan fingerprint density at radius 3 is 2.64 bits per heavy atom. The highest BCUT2D eigenvalue weighted by Crippen LogP contribution is 2.23. The molecule has 0 aliphatic carbocycles. The first-order valence-corrected chi connectivity index (χ1v) is 4.93. The van der Waals surface area contributed by atoms with Gasteiger partial charge in [0.25, 0.3) is 0 Å². The Balaban J connectivity index is 2.73. The molecule has 0 radical (unpaired) electrons. The average Bonchev–Trinajstić information content (AvgIpc) is 2.54. The Morgan fingerprint density at radius 1 is 1.43 bits per heavy atom. The van der Waals surface area contributed by atoms with Crippen LogP contribution < -0.4 is 5.32 Å². The quantitative estimate of drug-likeness (QED) is 0.786. The van der Waals surface area contributed by atoms with E-state index >= 15 is 0 Å². The van der Waals surface area contributed by atoms with Crippen LogP contribution in [0.4, 0.5) is 0 Å². The van der Waals surface area contributed by atoms with Gasteiger partial charge in [0.05, 0.1) is 6.04 Å². The normalized spacial score (nSPS) is 13.5. The van der Waals surface area contributed by atoms with Crippen molar-refractivity contribution in [3.05, 3.63) is 23.7 Å². The van der Waals surface area contributed by atoms with Crippen LogP contribution in [-0.4, -0.2) is 14.2 Å². The van der Waals surface area contributed by atoms with Crippen molar-refractivity contribution in [3.63, 3.8) is 0 Å². The molecule has 80 valence electrons. The first kappa shape index (κ1) is 11.3. The molecule has 1 heterocycles. The highest BCUT2D eigenvalue weighted by atomic mass is 16.5. The minimum Gasteiger partial charge on any atom is -0.462 e. The molecule has 1 aromatic heterocycles. The van der Waals surface area contributed by atoms with Gasteiger partial charge in [-0.1, -0.05) is 13.8 Å². The van der Waals surface area contributed by atoms with E-state index in [0.717, 1.165) is 11.5 Å². The van der Waals surface area contributed by atoms with Gasteiger partial charge in [-0.2, -0.15) is 0 Å². The Kier molecular flexibility index (Phi) is 4.17. The molecule has 1 rings (SSSR count). The molecule has 0 amide bonds. The van der Waals surface area contributed by atoms with Crippen LogP contribution in [0.3, 0.4) is 0 Å². The van der Waals surface area contributed by atoms with Gasteiger partial charge in [0.15, 0.2) is 0 Å². The fraction of sp³-hybridized carbons (Fsp3) is 0.636. The Morgan fingerprint density at radius 2 is 2.14 bits per heavy atom. The lowest BCUT2D eigenvalue weighted by molar-refractivity contribution is 0.160. The Labute approximate surface area is 85.4 Å². The SMILES string of the molecule is CNC(c1ccc(COC)o1)C(C)C. The summed E-state index contributed by atoms with van der Waals surface area (Å²) in [6.45, 7) is 4.87. The van der Waals surface area contributed by atoms with Crippen molar-refractivity contribution in [3.8, 4) is 0 Å². The Hall–Kier alpha value is -0.800. The van der Waals surface area contributed by atoms with Crippen molar-refractivity contribution >= 4 is 0 Å². The monoisotopic (exact) mass is 197 g/mol. The lowest BCUT2D eigenvalue weighted by atomic mass is 10.0. The number of rotatable bonds is 5. The van der Waals surface area contributed by atoms with Gasteiger partial charge in [-0.3, -0.25) is 0 Å². The van der Waals surface area contributed by atoms with E-state index in [2.05, 4.69) is 19.2 Å². The number of furan rings is 1. The van der Waals surface area contributed by atoms with Crippen LogP contribution in [0, 0.1) is 5.92 Å². The molecule has 0 saturated heterocycles. The van der Waals surface area contributed by atoms with Crippen molar-refractivity contribution in [1.29, 1.82) is 0 Å². The van der Waals surface area contributed by atoms with Crippen LogP contribution in [0.1, 0.15) is 31.4 Å². The summed E-state index contributed by atoms with van der Waals surface area (Å²) in [6, 6.07) is 4.25. The van der Waals surface area contributed by atoms with E-state index in [9.17, 15) is 0 Å². The molecule has 0 aliphatic rings. The summed E-state index contributed by atoms with van der Waals surface area (Å²) < 4.78 is 10.7. The number of methoxy groups -OCH3 is 1. The zero-order valence-corrected chi connectivity index (χ0v) is 9.33. The topological polar surface area (TPSA) is 34.4 Å². The highest BCUT2D eigenvalue weighted by molar-refractivity contribution is 5.10.